The van der Waals surface area contributed by atoms with Crippen molar-refractivity contribution in [1.29, 1.82) is 0 Å². The van der Waals surface area contributed by atoms with Gasteiger partial charge in [0.25, 0.3) is 0 Å². The molecule has 8 heteroatoms. The number of rotatable bonds is 4. The standard InChI is InChI=1S/C32H48BN3O4/c1-29(2)10-7-13-35(21-29)23-17-24(18-23)36-27-16-22(33-39-30(3,4)31(5,6)40-33)8-9-26(27)32(28(36)37)11-14-34(15-12-32)25-19-38-20-25/h8-9,16,23-25H,7,10-15,17-21H2,1-6H3. The number of anilines is 1. The molecule has 218 valence electrons. The van der Waals surface area contributed by atoms with E-state index in [4.69, 9.17) is 14.0 Å². The predicted octanol–water partition coefficient (Wildman–Crippen LogP) is 3.72. The van der Waals surface area contributed by atoms with Crippen molar-refractivity contribution in [2.75, 3.05) is 44.3 Å². The number of carbonyl (C=O) groups excluding carboxylic acids is 1. The summed E-state index contributed by atoms with van der Waals surface area (Å²) in [6.07, 6.45) is 6.51. The molecule has 1 aromatic carbocycles. The molecule has 1 amide bonds. The van der Waals surface area contributed by atoms with Crippen LogP contribution in [0.2, 0.25) is 0 Å². The van der Waals surface area contributed by atoms with Crippen molar-refractivity contribution in [2.24, 2.45) is 5.41 Å². The molecule has 0 unspecified atom stereocenters. The summed E-state index contributed by atoms with van der Waals surface area (Å²) in [4.78, 5) is 22.0. The highest BCUT2D eigenvalue weighted by Crippen LogP contribution is 2.51. The van der Waals surface area contributed by atoms with E-state index in [9.17, 15) is 4.79 Å². The molecule has 5 fully saturated rings. The topological polar surface area (TPSA) is 54.5 Å². The number of nitrogens with zero attached hydrogens (tertiary/aromatic N) is 3. The molecule has 1 aromatic rings. The fourth-order valence-corrected chi connectivity index (χ4v) is 8.13. The normalized spacial score (nSPS) is 33.2. The molecule has 6 aliphatic rings. The van der Waals surface area contributed by atoms with E-state index in [1.807, 2.05) is 0 Å². The number of fused-ring (bicyclic) bond motifs is 2. The van der Waals surface area contributed by atoms with Crippen LogP contribution in [0.15, 0.2) is 18.2 Å². The number of carbonyl (C=O) groups is 1. The van der Waals surface area contributed by atoms with Gasteiger partial charge < -0.3 is 18.9 Å². The Balaban J connectivity index is 1.17. The van der Waals surface area contributed by atoms with Crippen LogP contribution < -0.4 is 10.4 Å². The van der Waals surface area contributed by atoms with Crippen molar-refractivity contribution in [3.63, 3.8) is 0 Å². The Morgan fingerprint density at radius 3 is 2.10 bits per heavy atom. The van der Waals surface area contributed by atoms with Gasteiger partial charge in [-0.25, -0.2) is 0 Å². The lowest BCUT2D eigenvalue weighted by atomic mass is 9.71. The lowest BCUT2D eigenvalue weighted by Gasteiger charge is -2.51. The minimum Gasteiger partial charge on any atom is -0.399 e. The smallest absolute Gasteiger partial charge is 0.399 e. The molecule has 1 saturated carbocycles. The number of hydrogen-bond donors (Lipinski definition) is 0. The highest BCUT2D eigenvalue weighted by Gasteiger charge is 2.57. The van der Waals surface area contributed by atoms with E-state index in [-0.39, 0.29) is 6.04 Å². The lowest BCUT2D eigenvalue weighted by molar-refractivity contribution is -0.128. The molecule has 5 aliphatic heterocycles. The van der Waals surface area contributed by atoms with Gasteiger partial charge in [0.15, 0.2) is 0 Å². The second-order valence-electron chi connectivity index (χ2n) is 15.4. The summed E-state index contributed by atoms with van der Waals surface area (Å²) >= 11 is 0. The number of benzene rings is 1. The molecule has 40 heavy (non-hydrogen) atoms. The summed E-state index contributed by atoms with van der Waals surface area (Å²) in [5.41, 5.74) is 2.54. The van der Waals surface area contributed by atoms with Crippen molar-refractivity contribution in [3.05, 3.63) is 23.8 Å². The molecule has 0 N–H and O–H groups in total. The van der Waals surface area contributed by atoms with E-state index < -0.39 is 23.7 Å². The van der Waals surface area contributed by atoms with Crippen molar-refractivity contribution in [2.45, 2.75) is 115 Å². The van der Waals surface area contributed by atoms with Crippen LogP contribution >= 0.6 is 0 Å². The molecule has 7 rings (SSSR count). The van der Waals surface area contributed by atoms with Gasteiger partial charge in [-0.05, 0) is 108 Å². The quantitative estimate of drug-likeness (QED) is 0.534. The first kappa shape index (κ1) is 27.4. The Hall–Kier alpha value is -1.45. The number of hydrogen-bond acceptors (Lipinski definition) is 6. The highest BCUT2D eigenvalue weighted by molar-refractivity contribution is 6.62. The fourth-order valence-electron chi connectivity index (χ4n) is 8.13. The largest absolute Gasteiger partial charge is 0.494 e. The predicted molar refractivity (Wildman–Crippen MR) is 158 cm³/mol. The van der Waals surface area contributed by atoms with Crippen LogP contribution in [0.5, 0.6) is 0 Å². The molecule has 1 aliphatic carbocycles. The highest BCUT2D eigenvalue weighted by atomic mass is 16.7. The summed E-state index contributed by atoms with van der Waals surface area (Å²) in [5, 5.41) is 0. The molecule has 0 atom stereocenters. The SMILES string of the molecule is CC1(C)CCCN(C2CC(N3C(=O)C4(CCN(C5COC5)CC4)c4ccc(B5OC(C)(C)C(C)(C)O5)cc43)C2)C1. The summed E-state index contributed by atoms with van der Waals surface area (Å²) < 4.78 is 18.3. The number of likely N-dealkylation sites (tertiary alicyclic amines) is 2. The van der Waals surface area contributed by atoms with Crippen molar-refractivity contribution >= 4 is 24.2 Å². The maximum absolute atomic E-state index is 14.6. The summed E-state index contributed by atoms with van der Waals surface area (Å²) in [5.74, 6) is 0.334. The zero-order valence-electron chi connectivity index (χ0n) is 25.5. The van der Waals surface area contributed by atoms with Gasteiger partial charge in [-0.3, -0.25) is 14.6 Å². The Bertz CT molecular complexity index is 1150. The van der Waals surface area contributed by atoms with E-state index in [2.05, 4.69) is 74.4 Å². The van der Waals surface area contributed by atoms with Crippen LogP contribution in [0.25, 0.3) is 0 Å². The van der Waals surface area contributed by atoms with E-state index in [1.54, 1.807) is 0 Å². The molecule has 1 spiro atoms. The van der Waals surface area contributed by atoms with Crippen LogP contribution in [0.4, 0.5) is 5.69 Å². The van der Waals surface area contributed by atoms with Gasteiger partial charge in [0.05, 0.1) is 35.9 Å². The third kappa shape index (κ3) is 4.23. The minimum atomic E-state index is -0.422. The molecular formula is C32H48BN3O4. The summed E-state index contributed by atoms with van der Waals surface area (Å²) in [6, 6.07) is 8.00. The monoisotopic (exact) mass is 549 g/mol. The molecule has 0 radical (unpaired) electrons. The van der Waals surface area contributed by atoms with Crippen LogP contribution in [0.1, 0.15) is 85.6 Å². The lowest BCUT2D eigenvalue weighted by Crippen LogP contribution is -2.60. The first-order chi connectivity index (χ1) is 18.9. The maximum atomic E-state index is 14.6. The molecule has 4 saturated heterocycles. The van der Waals surface area contributed by atoms with Crippen LogP contribution in [-0.2, 0) is 24.3 Å². The third-order valence-corrected chi connectivity index (χ3v) is 11.6. The molecular weight excluding hydrogens is 501 g/mol. The van der Waals surface area contributed by atoms with Crippen molar-refractivity contribution in [3.8, 4) is 0 Å². The second kappa shape index (κ2) is 9.28. The van der Waals surface area contributed by atoms with E-state index >= 15 is 0 Å². The van der Waals surface area contributed by atoms with Crippen LogP contribution in [0.3, 0.4) is 0 Å². The van der Waals surface area contributed by atoms with E-state index in [0.29, 0.717) is 23.4 Å². The molecule has 5 heterocycles. The average Bonchev–Trinajstić information content (AvgIpc) is 3.18. The third-order valence-electron chi connectivity index (χ3n) is 11.6. The van der Waals surface area contributed by atoms with Gasteiger partial charge in [-0.15, -0.1) is 0 Å². The number of ether oxygens (including phenoxy) is 1. The van der Waals surface area contributed by atoms with Gasteiger partial charge in [0.1, 0.15) is 0 Å². The molecule has 7 nitrogen and oxygen atoms in total. The maximum Gasteiger partial charge on any atom is 0.494 e. The Kier molecular flexibility index (Phi) is 6.35. The van der Waals surface area contributed by atoms with Gasteiger partial charge in [-0.1, -0.05) is 26.0 Å². The Labute approximate surface area is 241 Å². The molecule has 0 aromatic heterocycles. The summed E-state index contributed by atoms with van der Waals surface area (Å²) in [7, 11) is -0.422. The first-order valence-electron chi connectivity index (χ1n) is 15.8. The number of amides is 1. The van der Waals surface area contributed by atoms with Gasteiger partial charge >= 0.3 is 7.12 Å². The second-order valence-corrected chi connectivity index (χ2v) is 15.4. The Morgan fingerprint density at radius 2 is 1.50 bits per heavy atom. The zero-order valence-corrected chi connectivity index (χ0v) is 25.5. The summed E-state index contributed by atoms with van der Waals surface area (Å²) in [6.45, 7) is 19.2. The first-order valence-corrected chi connectivity index (χ1v) is 15.8. The minimum absolute atomic E-state index is 0.271. The van der Waals surface area contributed by atoms with Gasteiger partial charge in [0, 0.05) is 24.3 Å². The van der Waals surface area contributed by atoms with Crippen molar-refractivity contribution in [1.82, 2.24) is 9.80 Å². The van der Waals surface area contributed by atoms with E-state index in [0.717, 1.165) is 63.1 Å². The fraction of sp³-hybridized carbons (Fsp3) is 0.781. The Morgan fingerprint density at radius 1 is 0.825 bits per heavy atom. The van der Waals surface area contributed by atoms with E-state index in [1.165, 1.54) is 31.5 Å². The average molecular weight is 550 g/mol. The molecule has 0 bridgehead atoms. The van der Waals surface area contributed by atoms with Gasteiger partial charge in [-0.2, -0.15) is 0 Å². The number of piperidine rings is 2. The van der Waals surface area contributed by atoms with Crippen molar-refractivity contribution < 1.29 is 18.8 Å². The van der Waals surface area contributed by atoms with Gasteiger partial charge in [0.2, 0.25) is 5.91 Å². The zero-order chi connectivity index (χ0) is 28.1. The van der Waals surface area contributed by atoms with Crippen LogP contribution in [-0.4, -0.2) is 91.5 Å². The van der Waals surface area contributed by atoms with Crippen LogP contribution in [0, 0.1) is 5.41 Å².